The van der Waals surface area contributed by atoms with Crippen molar-refractivity contribution in [3.05, 3.63) is 48.3 Å². The highest BCUT2D eigenvalue weighted by molar-refractivity contribution is 5.84. The molecule has 0 aliphatic heterocycles. The smallest absolute Gasteiger partial charge is 0.204 e. The van der Waals surface area contributed by atoms with E-state index in [4.69, 9.17) is 14.5 Å². The Labute approximate surface area is 144 Å². The molecule has 2 aromatic heterocycles. The number of aromatic nitrogens is 4. The second-order valence-corrected chi connectivity index (χ2v) is 5.58. The number of rotatable bonds is 4. The van der Waals surface area contributed by atoms with Gasteiger partial charge >= 0.3 is 0 Å². The van der Waals surface area contributed by atoms with Gasteiger partial charge in [0.15, 0.2) is 5.82 Å². The molecule has 0 aliphatic rings. The van der Waals surface area contributed by atoms with Crippen LogP contribution in [0.4, 0.5) is 11.5 Å². The summed E-state index contributed by atoms with van der Waals surface area (Å²) in [5, 5.41) is 11.8. The second-order valence-electron chi connectivity index (χ2n) is 5.58. The van der Waals surface area contributed by atoms with E-state index in [0.717, 1.165) is 22.5 Å². The molecule has 7 nitrogen and oxygen atoms in total. The molecule has 25 heavy (non-hydrogen) atoms. The van der Waals surface area contributed by atoms with E-state index >= 15 is 0 Å². The normalized spacial score (nSPS) is 11.0. The fraction of sp³-hybridized carbons (Fsp3) is 0.167. The van der Waals surface area contributed by atoms with Crippen molar-refractivity contribution in [2.75, 3.05) is 19.5 Å². The highest BCUT2D eigenvalue weighted by Gasteiger charge is 2.13. The maximum absolute atomic E-state index is 5.32. The average Bonchev–Trinajstić information content (AvgIpc) is 3.04. The molecule has 0 saturated heterocycles. The van der Waals surface area contributed by atoms with Gasteiger partial charge in [0.05, 0.1) is 25.3 Å². The van der Waals surface area contributed by atoms with Crippen LogP contribution in [-0.2, 0) is 0 Å². The lowest BCUT2D eigenvalue weighted by molar-refractivity contribution is 0.395. The van der Waals surface area contributed by atoms with Crippen molar-refractivity contribution in [2.45, 2.75) is 6.92 Å². The van der Waals surface area contributed by atoms with Crippen LogP contribution in [0, 0.1) is 6.92 Å². The fourth-order valence-corrected chi connectivity index (χ4v) is 2.82. The molecule has 2 heterocycles. The molecule has 0 fully saturated rings. The van der Waals surface area contributed by atoms with Gasteiger partial charge in [-0.05, 0) is 19.1 Å². The summed E-state index contributed by atoms with van der Waals surface area (Å²) in [5.74, 6) is 2.81. The maximum Gasteiger partial charge on any atom is 0.204 e. The molecule has 0 spiro atoms. The minimum absolute atomic E-state index is 0.620. The number of methoxy groups -OCH3 is 2. The van der Waals surface area contributed by atoms with E-state index in [1.54, 1.807) is 14.2 Å². The van der Waals surface area contributed by atoms with Crippen LogP contribution >= 0.6 is 0 Å². The van der Waals surface area contributed by atoms with Crippen molar-refractivity contribution >= 4 is 28.2 Å². The first-order valence-corrected chi connectivity index (χ1v) is 7.80. The quantitative estimate of drug-likeness (QED) is 0.616. The number of ether oxygens (including phenoxy) is 2. The number of nitrogens with zero attached hydrogens (tertiary/aromatic N) is 4. The largest absolute Gasteiger partial charge is 0.497 e. The average molecular weight is 335 g/mol. The van der Waals surface area contributed by atoms with Crippen LogP contribution < -0.4 is 14.8 Å². The van der Waals surface area contributed by atoms with Crippen LogP contribution in [0.3, 0.4) is 0 Å². The molecule has 126 valence electrons. The predicted octanol–water partition coefficient (Wildman–Crippen LogP) is 3.35. The zero-order chi connectivity index (χ0) is 17.4. The summed E-state index contributed by atoms with van der Waals surface area (Å²) in [7, 11) is 3.24. The van der Waals surface area contributed by atoms with Crippen LogP contribution in [0.2, 0.25) is 0 Å². The summed E-state index contributed by atoms with van der Waals surface area (Å²) in [4.78, 5) is 4.71. The Morgan fingerprint density at radius 1 is 0.960 bits per heavy atom. The van der Waals surface area contributed by atoms with Gasteiger partial charge in [0.1, 0.15) is 17.3 Å². The lowest BCUT2D eigenvalue weighted by Crippen LogP contribution is -2.01. The van der Waals surface area contributed by atoms with E-state index in [2.05, 4.69) is 15.5 Å². The van der Waals surface area contributed by atoms with E-state index in [1.165, 1.54) is 0 Å². The molecule has 7 heteroatoms. The number of hydrogen-bond donors (Lipinski definition) is 1. The van der Waals surface area contributed by atoms with Gasteiger partial charge in [0, 0.05) is 23.9 Å². The topological polar surface area (TPSA) is 73.6 Å². The molecule has 2 aromatic carbocycles. The summed E-state index contributed by atoms with van der Waals surface area (Å²) in [6, 6.07) is 13.5. The van der Waals surface area contributed by atoms with Crippen LogP contribution in [0.5, 0.6) is 11.5 Å². The first-order valence-electron chi connectivity index (χ1n) is 7.80. The Kier molecular flexibility index (Phi) is 3.61. The van der Waals surface area contributed by atoms with Crippen molar-refractivity contribution in [3.63, 3.8) is 0 Å². The number of nitrogens with one attached hydrogen (secondary N) is 1. The van der Waals surface area contributed by atoms with Crippen molar-refractivity contribution < 1.29 is 9.47 Å². The molecular weight excluding hydrogens is 318 g/mol. The zero-order valence-corrected chi connectivity index (χ0v) is 14.1. The van der Waals surface area contributed by atoms with Gasteiger partial charge in [-0.1, -0.05) is 12.1 Å². The molecule has 0 aliphatic carbocycles. The van der Waals surface area contributed by atoms with Crippen LogP contribution in [0.1, 0.15) is 5.82 Å². The zero-order valence-electron chi connectivity index (χ0n) is 14.1. The van der Waals surface area contributed by atoms with Crippen molar-refractivity contribution in [1.29, 1.82) is 0 Å². The molecule has 1 N–H and O–H groups in total. The second kappa shape index (κ2) is 5.94. The van der Waals surface area contributed by atoms with Gasteiger partial charge in [-0.25, -0.2) is 4.98 Å². The maximum atomic E-state index is 5.32. The Bertz CT molecular complexity index is 1050. The molecule has 0 radical (unpaired) electrons. The van der Waals surface area contributed by atoms with E-state index < -0.39 is 0 Å². The molecular formula is C18H17N5O2. The highest BCUT2D eigenvalue weighted by Crippen LogP contribution is 2.29. The standard InChI is InChI=1S/C18H17N5O2/c1-11-21-22-18-17(20-15-6-4-5-7-16(15)23(11)18)19-12-8-13(24-2)10-14(9-12)25-3/h4-10H,1-3H3,(H,19,20). The summed E-state index contributed by atoms with van der Waals surface area (Å²) >= 11 is 0. The first kappa shape index (κ1) is 15.2. The monoisotopic (exact) mass is 335 g/mol. The summed E-state index contributed by atoms with van der Waals surface area (Å²) < 4.78 is 12.6. The van der Waals surface area contributed by atoms with Gasteiger partial charge in [0.2, 0.25) is 5.65 Å². The minimum atomic E-state index is 0.620. The van der Waals surface area contributed by atoms with Gasteiger partial charge in [-0.2, -0.15) is 0 Å². The number of fused-ring (bicyclic) bond motifs is 3. The number of benzene rings is 2. The van der Waals surface area contributed by atoms with E-state index in [-0.39, 0.29) is 0 Å². The van der Waals surface area contributed by atoms with Crippen molar-refractivity contribution in [3.8, 4) is 11.5 Å². The third-order valence-corrected chi connectivity index (χ3v) is 4.01. The van der Waals surface area contributed by atoms with Gasteiger partial charge < -0.3 is 14.8 Å². The summed E-state index contributed by atoms with van der Waals surface area (Å²) in [6.45, 7) is 1.92. The molecule has 4 aromatic rings. The van der Waals surface area contributed by atoms with Crippen molar-refractivity contribution in [1.82, 2.24) is 19.6 Å². The number of para-hydroxylation sites is 2. The Morgan fingerprint density at radius 3 is 2.40 bits per heavy atom. The van der Waals surface area contributed by atoms with Crippen molar-refractivity contribution in [2.24, 2.45) is 0 Å². The van der Waals surface area contributed by atoms with Crippen LogP contribution in [0.25, 0.3) is 16.7 Å². The van der Waals surface area contributed by atoms with Gasteiger partial charge in [0.25, 0.3) is 0 Å². The Morgan fingerprint density at radius 2 is 1.68 bits per heavy atom. The molecule has 0 atom stereocenters. The number of anilines is 2. The van der Waals surface area contributed by atoms with Crippen LogP contribution in [-0.4, -0.2) is 33.8 Å². The summed E-state index contributed by atoms with van der Waals surface area (Å²) in [6.07, 6.45) is 0. The SMILES string of the molecule is COc1cc(Nc2nc3ccccc3n3c(C)nnc23)cc(OC)c1. The first-order chi connectivity index (χ1) is 12.2. The van der Waals surface area contributed by atoms with E-state index in [9.17, 15) is 0 Å². The Balaban J connectivity index is 1.89. The van der Waals surface area contributed by atoms with E-state index in [1.807, 2.05) is 53.8 Å². The molecule has 4 rings (SSSR count). The lowest BCUT2D eigenvalue weighted by Gasteiger charge is -2.12. The van der Waals surface area contributed by atoms with Gasteiger partial charge in [-0.3, -0.25) is 4.40 Å². The number of hydrogen-bond acceptors (Lipinski definition) is 6. The molecule has 0 bridgehead atoms. The minimum Gasteiger partial charge on any atom is -0.497 e. The molecule has 0 amide bonds. The number of aryl methyl sites for hydroxylation is 1. The Hall–Kier alpha value is -3.35. The third-order valence-electron chi connectivity index (χ3n) is 4.01. The third kappa shape index (κ3) is 2.59. The van der Waals surface area contributed by atoms with Crippen LogP contribution in [0.15, 0.2) is 42.5 Å². The van der Waals surface area contributed by atoms with Gasteiger partial charge in [-0.15, -0.1) is 10.2 Å². The van der Waals surface area contributed by atoms with E-state index in [0.29, 0.717) is 23.0 Å². The molecule has 0 saturated carbocycles. The highest BCUT2D eigenvalue weighted by atomic mass is 16.5. The fourth-order valence-electron chi connectivity index (χ4n) is 2.82. The summed E-state index contributed by atoms with van der Waals surface area (Å²) in [5.41, 5.74) is 3.28. The predicted molar refractivity (Wildman–Crippen MR) is 95.9 cm³/mol. The lowest BCUT2D eigenvalue weighted by atomic mass is 10.2. The molecule has 0 unspecified atom stereocenters.